The van der Waals surface area contributed by atoms with E-state index >= 15 is 0 Å². The third-order valence-corrected chi connectivity index (χ3v) is 3.53. The van der Waals surface area contributed by atoms with E-state index in [1.807, 2.05) is 0 Å². The van der Waals surface area contributed by atoms with Gasteiger partial charge in [-0.15, -0.1) is 0 Å². The number of carbonyl (C=O) groups excluding carboxylic acids is 2. The monoisotopic (exact) mass is 254 g/mol. The molecule has 1 heterocycles. The van der Waals surface area contributed by atoms with E-state index < -0.39 is 12.0 Å². The van der Waals surface area contributed by atoms with Crippen LogP contribution in [0.1, 0.15) is 26.2 Å². The van der Waals surface area contributed by atoms with Crippen molar-refractivity contribution in [3.63, 3.8) is 0 Å². The maximum atomic E-state index is 12.2. The van der Waals surface area contributed by atoms with Gasteiger partial charge >= 0.3 is 5.97 Å². The Balaban J connectivity index is 2.07. The predicted molar refractivity (Wildman–Crippen MR) is 62.7 cm³/mol. The first-order valence-corrected chi connectivity index (χ1v) is 6.27. The van der Waals surface area contributed by atoms with Crippen LogP contribution >= 0.6 is 0 Å². The van der Waals surface area contributed by atoms with Crippen LogP contribution in [0.2, 0.25) is 0 Å². The highest BCUT2D eigenvalue weighted by atomic mass is 16.4. The predicted octanol–water partition coefficient (Wildman–Crippen LogP) is -0.0696. The summed E-state index contributed by atoms with van der Waals surface area (Å²) in [4.78, 5) is 37.5. The van der Waals surface area contributed by atoms with Gasteiger partial charge in [-0.3, -0.25) is 14.4 Å². The standard InChI is InChI=1S/C12H18N2O4/c1-8(15)14-5-4-13(7-9-2-3-9)12(18)10(14)6-11(16)17/h9-10H,2-7H2,1H3,(H,16,17). The van der Waals surface area contributed by atoms with Crippen molar-refractivity contribution in [3.05, 3.63) is 0 Å². The fourth-order valence-electron chi connectivity index (χ4n) is 2.37. The Hall–Kier alpha value is -1.59. The van der Waals surface area contributed by atoms with Crippen LogP contribution in [0.3, 0.4) is 0 Å². The summed E-state index contributed by atoms with van der Waals surface area (Å²) >= 11 is 0. The number of carbonyl (C=O) groups is 3. The number of carboxylic acids is 1. The molecule has 0 bridgehead atoms. The number of hydrogen-bond acceptors (Lipinski definition) is 3. The van der Waals surface area contributed by atoms with E-state index in [1.54, 1.807) is 4.90 Å². The van der Waals surface area contributed by atoms with Crippen molar-refractivity contribution in [2.45, 2.75) is 32.2 Å². The first-order valence-electron chi connectivity index (χ1n) is 6.27. The van der Waals surface area contributed by atoms with Crippen LogP contribution < -0.4 is 0 Å². The van der Waals surface area contributed by atoms with Crippen molar-refractivity contribution in [2.75, 3.05) is 19.6 Å². The van der Waals surface area contributed by atoms with E-state index in [0.717, 1.165) is 12.8 Å². The molecule has 0 radical (unpaired) electrons. The zero-order valence-electron chi connectivity index (χ0n) is 10.5. The first kappa shape index (κ1) is 12.9. The average Bonchev–Trinajstić information content (AvgIpc) is 3.07. The van der Waals surface area contributed by atoms with Crippen molar-refractivity contribution < 1.29 is 19.5 Å². The molecule has 2 fully saturated rings. The van der Waals surface area contributed by atoms with Crippen molar-refractivity contribution >= 4 is 17.8 Å². The van der Waals surface area contributed by atoms with E-state index in [1.165, 1.54) is 11.8 Å². The second-order valence-electron chi connectivity index (χ2n) is 5.05. The number of nitrogens with zero attached hydrogens (tertiary/aromatic N) is 2. The lowest BCUT2D eigenvalue weighted by atomic mass is 10.1. The molecule has 1 atom stereocenters. The van der Waals surface area contributed by atoms with Gasteiger partial charge in [-0.05, 0) is 18.8 Å². The van der Waals surface area contributed by atoms with E-state index in [4.69, 9.17) is 5.11 Å². The second kappa shape index (κ2) is 4.96. The smallest absolute Gasteiger partial charge is 0.305 e. The van der Waals surface area contributed by atoms with Gasteiger partial charge in [0.1, 0.15) is 6.04 Å². The zero-order chi connectivity index (χ0) is 13.3. The van der Waals surface area contributed by atoms with E-state index in [0.29, 0.717) is 25.6 Å². The average molecular weight is 254 g/mol. The molecule has 6 heteroatoms. The third-order valence-electron chi connectivity index (χ3n) is 3.53. The van der Waals surface area contributed by atoms with Crippen molar-refractivity contribution in [1.29, 1.82) is 0 Å². The molecule has 2 aliphatic rings. The van der Waals surface area contributed by atoms with E-state index in [2.05, 4.69) is 0 Å². The molecular formula is C12H18N2O4. The molecule has 1 N–H and O–H groups in total. The Kier molecular flexibility index (Phi) is 3.54. The minimum atomic E-state index is -1.05. The number of amides is 2. The Morgan fingerprint density at radius 1 is 1.33 bits per heavy atom. The summed E-state index contributed by atoms with van der Waals surface area (Å²) in [5, 5.41) is 8.85. The molecule has 0 spiro atoms. The summed E-state index contributed by atoms with van der Waals surface area (Å²) in [5.41, 5.74) is 0. The van der Waals surface area contributed by atoms with Crippen molar-refractivity contribution in [2.24, 2.45) is 5.92 Å². The quantitative estimate of drug-likeness (QED) is 0.761. The van der Waals surface area contributed by atoms with Gasteiger partial charge in [-0.25, -0.2) is 0 Å². The number of rotatable bonds is 4. The fraction of sp³-hybridized carbons (Fsp3) is 0.750. The van der Waals surface area contributed by atoms with Gasteiger partial charge in [0.15, 0.2) is 0 Å². The van der Waals surface area contributed by atoms with Gasteiger partial charge in [0.2, 0.25) is 11.8 Å². The van der Waals surface area contributed by atoms with Gasteiger partial charge in [0, 0.05) is 26.6 Å². The summed E-state index contributed by atoms with van der Waals surface area (Å²) in [6.07, 6.45) is 1.98. The van der Waals surface area contributed by atoms with Gasteiger partial charge in [-0.1, -0.05) is 0 Å². The molecule has 0 aromatic carbocycles. The maximum Gasteiger partial charge on any atom is 0.305 e. The van der Waals surface area contributed by atoms with Gasteiger partial charge in [0.05, 0.1) is 6.42 Å². The second-order valence-corrected chi connectivity index (χ2v) is 5.05. The molecule has 0 aromatic heterocycles. The lowest BCUT2D eigenvalue weighted by Gasteiger charge is -2.39. The SMILES string of the molecule is CC(=O)N1CCN(CC2CC2)C(=O)C1CC(=O)O. The van der Waals surface area contributed by atoms with Crippen LogP contribution in [0, 0.1) is 5.92 Å². The summed E-state index contributed by atoms with van der Waals surface area (Å²) in [5.74, 6) is -0.928. The van der Waals surface area contributed by atoms with Crippen LogP contribution in [0.25, 0.3) is 0 Å². The van der Waals surface area contributed by atoms with E-state index in [-0.39, 0.29) is 18.2 Å². The number of aliphatic carboxylic acids is 1. The molecular weight excluding hydrogens is 236 g/mol. The van der Waals surface area contributed by atoms with Crippen molar-refractivity contribution in [3.8, 4) is 0 Å². The molecule has 2 amide bonds. The van der Waals surface area contributed by atoms with Crippen LogP contribution in [-0.4, -0.2) is 58.4 Å². The Labute approximate surface area is 106 Å². The van der Waals surface area contributed by atoms with Crippen LogP contribution in [0.4, 0.5) is 0 Å². The molecule has 2 rings (SSSR count). The van der Waals surface area contributed by atoms with Gasteiger partial charge < -0.3 is 14.9 Å². The van der Waals surface area contributed by atoms with E-state index in [9.17, 15) is 14.4 Å². The molecule has 1 saturated heterocycles. The zero-order valence-corrected chi connectivity index (χ0v) is 10.5. The number of carboxylic acid groups (broad SMARTS) is 1. The number of piperazine rings is 1. The molecule has 1 aliphatic heterocycles. The third kappa shape index (κ3) is 2.80. The maximum absolute atomic E-state index is 12.2. The summed E-state index contributed by atoms with van der Waals surface area (Å²) in [6.45, 7) is 3.04. The summed E-state index contributed by atoms with van der Waals surface area (Å²) in [6, 6.07) is -0.826. The topological polar surface area (TPSA) is 77.9 Å². The highest BCUT2D eigenvalue weighted by Gasteiger charge is 2.39. The lowest BCUT2D eigenvalue weighted by molar-refractivity contribution is -0.155. The minimum absolute atomic E-state index is 0.217. The van der Waals surface area contributed by atoms with Gasteiger partial charge in [0.25, 0.3) is 0 Å². The normalized spacial score (nSPS) is 24.3. The molecule has 18 heavy (non-hydrogen) atoms. The van der Waals surface area contributed by atoms with Gasteiger partial charge in [-0.2, -0.15) is 0 Å². The summed E-state index contributed by atoms with van der Waals surface area (Å²) in [7, 11) is 0. The molecule has 1 saturated carbocycles. The molecule has 1 aliphatic carbocycles. The Bertz CT molecular complexity index is 378. The first-order chi connectivity index (χ1) is 8.49. The Morgan fingerprint density at radius 2 is 2.00 bits per heavy atom. The fourth-order valence-corrected chi connectivity index (χ4v) is 2.37. The molecule has 100 valence electrons. The lowest BCUT2D eigenvalue weighted by Crippen LogP contribution is -2.59. The van der Waals surface area contributed by atoms with Crippen LogP contribution in [-0.2, 0) is 14.4 Å². The molecule has 0 aromatic rings. The number of hydrogen-bond donors (Lipinski definition) is 1. The Morgan fingerprint density at radius 3 is 2.50 bits per heavy atom. The van der Waals surface area contributed by atoms with Crippen LogP contribution in [0.15, 0.2) is 0 Å². The molecule has 6 nitrogen and oxygen atoms in total. The minimum Gasteiger partial charge on any atom is -0.481 e. The highest BCUT2D eigenvalue weighted by Crippen LogP contribution is 2.30. The highest BCUT2D eigenvalue weighted by molar-refractivity contribution is 5.91. The largest absolute Gasteiger partial charge is 0.481 e. The summed E-state index contributed by atoms with van der Waals surface area (Å²) < 4.78 is 0. The van der Waals surface area contributed by atoms with Crippen molar-refractivity contribution in [1.82, 2.24) is 9.80 Å². The van der Waals surface area contributed by atoms with Crippen LogP contribution in [0.5, 0.6) is 0 Å². The molecule has 1 unspecified atom stereocenters.